The van der Waals surface area contributed by atoms with Crippen LogP contribution in [0.2, 0.25) is 0 Å². The van der Waals surface area contributed by atoms with E-state index in [-0.39, 0.29) is 30.5 Å². The standard InChI is InChI=1S/C18H25N3O2.ClH/c1-10-7-14(17-15(8-10)11(2)12(3)21-17)9-20-18(22)16-13(4)23-6-5-19-16;/h7-8,13,16,19,21H,5-6,9H2,1-4H3,(H,20,22);1H/t13-,16+;/m1./s1. The molecule has 0 unspecified atom stereocenters. The van der Waals surface area contributed by atoms with E-state index in [4.69, 9.17) is 4.74 Å². The molecule has 1 amide bonds. The summed E-state index contributed by atoms with van der Waals surface area (Å²) in [6, 6.07) is 4.04. The maximum absolute atomic E-state index is 12.4. The summed E-state index contributed by atoms with van der Waals surface area (Å²) in [6.07, 6.45) is -0.101. The van der Waals surface area contributed by atoms with E-state index in [1.807, 2.05) is 6.92 Å². The number of morpholine rings is 1. The van der Waals surface area contributed by atoms with Crippen LogP contribution in [0.15, 0.2) is 12.1 Å². The van der Waals surface area contributed by atoms with E-state index in [2.05, 4.69) is 48.5 Å². The number of aryl methyl sites for hydroxylation is 3. The van der Waals surface area contributed by atoms with Crippen molar-refractivity contribution in [3.63, 3.8) is 0 Å². The lowest BCUT2D eigenvalue weighted by atomic mass is 10.0. The third kappa shape index (κ3) is 3.58. The number of fused-ring (bicyclic) bond motifs is 1. The Bertz CT molecular complexity index is 741. The molecule has 2 aromatic rings. The monoisotopic (exact) mass is 351 g/mol. The summed E-state index contributed by atoms with van der Waals surface area (Å²) >= 11 is 0. The van der Waals surface area contributed by atoms with Gasteiger partial charge in [-0.15, -0.1) is 12.4 Å². The molecule has 2 atom stereocenters. The molecule has 6 heteroatoms. The van der Waals surface area contributed by atoms with Crippen molar-refractivity contribution in [3.8, 4) is 0 Å². The second-order valence-corrected chi connectivity index (χ2v) is 6.45. The molecule has 1 aromatic carbocycles. The molecular formula is C18H26ClN3O2. The Labute approximate surface area is 148 Å². The van der Waals surface area contributed by atoms with E-state index in [1.165, 1.54) is 22.2 Å². The number of hydrogen-bond acceptors (Lipinski definition) is 3. The van der Waals surface area contributed by atoms with Crippen LogP contribution in [0, 0.1) is 20.8 Å². The van der Waals surface area contributed by atoms with E-state index in [0.717, 1.165) is 11.1 Å². The maximum atomic E-state index is 12.4. The molecule has 0 aliphatic carbocycles. The second-order valence-electron chi connectivity index (χ2n) is 6.45. The molecule has 3 N–H and O–H groups in total. The molecule has 5 nitrogen and oxygen atoms in total. The number of aromatic amines is 1. The Kier molecular flexibility index (Phi) is 5.91. The highest BCUT2D eigenvalue weighted by molar-refractivity contribution is 5.88. The molecule has 0 spiro atoms. The fraction of sp³-hybridized carbons (Fsp3) is 0.500. The van der Waals surface area contributed by atoms with Crippen LogP contribution in [-0.4, -0.2) is 36.2 Å². The van der Waals surface area contributed by atoms with Crippen LogP contribution >= 0.6 is 12.4 Å². The zero-order valence-corrected chi connectivity index (χ0v) is 15.5. The summed E-state index contributed by atoms with van der Waals surface area (Å²) in [5, 5.41) is 7.50. The number of carbonyl (C=O) groups excluding carboxylic acids is 1. The van der Waals surface area contributed by atoms with Gasteiger partial charge in [-0.2, -0.15) is 0 Å². The third-order valence-electron chi connectivity index (χ3n) is 4.70. The van der Waals surface area contributed by atoms with Crippen LogP contribution < -0.4 is 10.6 Å². The lowest BCUT2D eigenvalue weighted by Crippen LogP contribution is -2.55. The second kappa shape index (κ2) is 7.55. The molecule has 132 valence electrons. The number of benzene rings is 1. The third-order valence-corrected chi connectivity index (χ3v) is 4.70. The fourth-order valence-electron chi connectivity index (χ4n) is 3.25. The normalized spacial score (nSPS) is 20.7. The van der Waals surface area contributed by atoms with Gasteiger partial charge in [0.15, 0.2) is 0 Å². The van der Waals surface area contributed by atoms with Crippen molar-refractivity contribution < 1.29 is 9.53 Å². The SMILES string of the molecule is Cc1cc(CNC(=O)[C@H]2NCCO[C@@H]2C)c2[nH]c(C)c(C)c2c1.Cl. The van der Waals surface area contributed by atoms with E-state index in [1.54, 1.807) is 0 Å². The van der Waals surface area contributed by atoms with Gasteiger partial charge in [0.25, 0.3) is 0 Å². The Morgan fingerprint density at radius 3 is 2.79 bits per heavy atom. The number of nitrogens with one attached hydrogen (secondary N) is 3. The van der Waals surface area contributed by atoms with Gasteiger partial charge in [0, 0.05) is 24.2 Å². The molecule has 3 rings (SSSR count). The summed E-state index contributed by atoms with van der Waals surface area (Å²) < 4.78 is 5.54. The molecule has 0 saturated carbocycles. The summed E-state index contributed by atoms with van der Waals surface area (Å²) in [7, 11) is 0. The average molecular weight is 352 g/mol. The number of halogens is 1. The van der Waals surface area contributed by atoms with Crippen LogP contribution in [0.1, 0.15) is 29.3 Å². The predicted molar refractivity (Wildman–Crippen MR) is 98.8 cm³/mol. The number of rotatable bonds is 3. The van der Waals surface area contributed by atoms with Crippen molar-refractivity contribution in [3.05, 3.63) is 34.5 Å². The van der Waals surface area contributed by atoms with Gasteiger partial charge >= 0.3 is 0 Å². The zero-order valence-electron chi connectivity index (χ0n) is 14.7. The predicted octanol–water partition coefficient (Wildman–Crippen LogP) is 2.51. The van der Waals surface area contributed by atoms with Crippen LogP contribution in [0.5, 0.6) is 0 Å². The van der Waals surface area contributed by atoms with Crippen molar-refractivity contribution in [2.24, 2.45) is 0 Å². The number of hydrogen-bond donors (Lipinski definition) is 3. The van der Waals surface area contributed by atoms with Crippen molar-refractivity contribution in [2.45, 2.75) is 46.4 Å². The fourth-order valence-corrected chi connectivity index (χ4v) is 3.25. The Balaban J connectivity index is 0.00000208. The molecule has 1 aliphatic heterocycles. The van der Waals surface area contributed by atoms with Crippen molar-refractivity contribution >= 4 is 29.2 Å². The molecule has 1 saturated heterocycles. The van der Waals surface area contributed by atoms with Crippen LogP contribution in [-0.2, 0) is 16.1 Å². The van der Waals surface area contributed by atoms with Gasteiger partial charge in [-0.3, -0.25) is 4.79 Å². The van der Waals surface area contributed by atoms with Crippen molar-refractivity contribution in [1.82, 2.24) is 15.6 Å². The summed E-state index contributed by atoms with van der Waals surface area (Å²) in [4.78, 5) is 15.9. The first-order valence-electron chi connectivity index (χ1n) is 8.18. The summed E-state index contributed by atoms with van der Waals surface area (Å²) in [6.45, 7) is 10.1. The van der Waals surface area contributed by atoms with Gasteiger partial charge in [-0.1, -0.05) is 11.6 Å². The first kappa shape index (κ1) is 18.8. The smallest absolute Gasteiger partial charge is 0.240 e. The van der Waals surface area contributed by atoms with Gasteiger partial charge in [0.2, 0.25) is 5.91 Å². The minimum absolute atomic E-state index is 0. The number of carbonyl (C=O) groups is 1. The molecule has 1 aromatic heterocycles. The zero-order chi connectivity index (χ0) is 16.6. The minimum atomic E-state index is -0.281. The molecule has 1 aliphatic rings. The largest absolute Gasteiger partial charge is 0.375 e. The Morgan fingerprint density at radius 2 is 2.08 bits per heavy atom. The summed E-state index contributed by atoms with van der Waals surface area (Å²) in [5.41, 5.74) is 5.89. The van der Waals surface area contributed by atoms with Gasteiger partial charge in [-0.05, 0) is 44.9 Å². The highest BCUT2D eigenvalue weighted by Crippen LogP contribution is 2.26. The Morgan fingerprint density at radius 1 is 1.33 bits per heavy atom. The first-order valence-corrected chi connectivity index (χ1v) is 8.18. The van der Waals surface area contributed by atoms with Crippen molar-refractivity contribution in [1.29, 1.82) is 0 Å². The van der Waals surface area contributed by atoms with Gasteiger partial charge in [0.1, 0.15) is 6.04 Å². The first-order chi connectivity index (χ1) is 11.0. The number of amides is 1. The van der Waals surface area contributed by atoms with E-state index in [0.29, 0.717) is 19.7 Å². The minimum Gasteiger partial charge on any atom is -0.375 e. The number of H-pyrrole nitrogens is 1. The molecule has 2 heterocycles. The molecule has 0 radical (unpaired) electrons. The van der Waals surface area contributed by atoms with Crippen LogP contribution in [0.4, 0.5) is 0 Å². The lowest BCUT2D eigenvalue weighted by Gasteiger charge is -2.29. The molecule has 24 heavy (non-hydrogen) atoms. The van der Waals surface area contributed by atoms with Crippen molar-refractivity contribution in [2.75, 3.05) is 13.2 Å². The topological polar surface area (TPSA) is 66.2 Å². The van der Waals surface area contributed by atoms with E-state index >= 15 is 0 Å². The maximum Gasteiger partial charge on any atom is 0.240 e. The average Bonchev–Trinajstić information content (AvgIpc) is 2.81. The molecule has 0 bridgehead atoms. The number of aromatic nitrogens is 1. The molecule has 1 fully saturated rings. The lowest BCUT2D eigenvalue weighted by molar-refractivity contribution is -0.129. The summed E-state index contributed by atoms with van der Waals surface area (Å²) in [5.74, 6) is -0.00754. The van der Waals surface area contributed by atoms with E-state index < -0.39 is 0 Å². The highest BCUT2D eigenvalue weighted by Gasteiger charge is 2.28. The molecular weight excluding hydrogens is 326 g/mol. The van der Waals surface area contributed by atoms with Gasteiger partial charge in [-0.25, -0.2) is 0 Å². The van der Waals surface area contributed by atoms with Gasteiger partial charge in [0.05, 0.1) is 18.2 Å². The van der Waals surface area contributed by atoms with Crippen LogP contribution in [0.25, 0.3) is 10.9 Å². The van der Waals surface area contributed by atoms with Crippen LogP contribution in [0.3, 0.4) is 0 Å². The number of ether oxygens (including phenoxy) is 1. The quantitative estimate of drug-likeness (QED) is 0.796. The highest BCUT2D eigenvalue weighted by atomic mass is 35.5. The van der Waals surface area contributed by atoms with Gasteiger partial charge < -0.3 is 20.4 Å². The van der Waals surface area contributed by atoms with E-state index in [9.17, 15) is 4.79 Å². The Hall–Kier alpha value is -1.56.